The maximum absolute atomic E-state index is 13.6. The predicted octanol–water partition coefficient (Wildman–Crippen LogP) is 1.99. The van der Waals surface area contributed by atoms with Crippen LogP contribution >= 0.6 is 11.8 Å². The second-order valence-corrected chi connectivity index (χ2v) is 5.00. The van der Waals surface area contributed by atoms with E-state index in [0.717, 1.165) is 6.42 Å². The molecule has 102 valence electrons. The summed E-state index contributed by atoms with van der Waals surface area (Å²) in [5, 5.41) is 6.88. The minimum Gasteiger partial charge on any atom is -0.398 e. The lowest BCUT2D eigenvalue weighted by Crippen LogP contribution is -2.17. The Balaban J connectivity index is 2.17. The van der Waals surface area contributed by atoms with Crippen molar-refractivity contribution in [2.45, 2.75) is 30.8 Å². The highest BCUT2D eigenvalue weighted by Crippen LogP contribution is 2.25. The summed E-state index contributed by atoms with van der Waals surface area (Å²) < 4.78 is 15.2. The summed E-state index contributed by atoms with van der Waals surface area (Å²) in [5.41, 5.74) is 6.34. The third-order valence-electron chi connectivity index (χ3n) is 2.67. The molecule has 7 heteroatoms. The molecule has 0 aliphatic heterocycles. The normalized spacial score (nSPS) is 10.8. The summed E-state index contributed by atoms with van der Waals surface area (Å²) in [6.07, 6.45) is 0.828. The zero-order chi connectivity index (χ0) is 13.8. The van der Waals surface area contributed by atoms with E-state index in [0.29, 0.717) is 28.7 Å². The summed E-state index contributed by atoms with van der Waals surface area (Å²) in [6.45, 7) is 2.56. The molecule has 5 nitrogen and oxygen atoms in total. The molecule has 0 atom stereocenters. The minimum atomic E-state index is -0.340. The van der Waals surface area contributed by atoms with Crippen molar-refractivity contribution in [1.82, 2.24) is 14.8 Å². The van der Waals surface area contributed by atoms with Crippen LogP contribution in [0.1, 0.15) is 18.9 Å². The number of nitrogens with zero attached hydrogens (tertiary/aromatic N) is 2. The van der Waals surface area contributed by atoms with E-state index in [1.165, 1.54) is 17.8 Å². The minimum absolute atomic E-state index is 0.245. The molecular formula is C12H15FN4OS. The molecule has 0 spiro atoms. The van der Waals surface area contributed by atoms with Crippen molar-refractivity contribution in [3.05, 3.63) is 40.1 Å². The quantitative estimate of drug-likeness (QED) is 0.649. The summed E-state index contributed by atoms with van der Waals surface area (Å²) in [6, 6.07) is 4.60. The molecule has 1 aromatic heterocycles. The second kappa shape index (κ2) is 5.92. The molecule has 0 saturated carbocycles. The lowest BCUT2D eigenvalue weighted by atomic mass is 10.2. The highest BCUT2D eigenvalue weighted by Gasteiger charge is 2.11. The first-order valence-electron chi connectivity index (χ1n) is 5.94. The summed E-state index contributed by atoms with van der Waals surface area (Å²) in [7, 11) is 0. The lowest BCUT2D eigenvalue weighted by molar-refractivity contribution is 0.602. The average molecular weight is 282 g/mol. The Morgan fingerprint density at radius 1 is 1.53 bits per heavy atom. The molecule has 2 rings (SSSR count). The van der Waals surface area contributed by atoms with Crippen LogP contribution in [-0.4, -0.2) is 14.8 Å². The number of thioether (sulfide) groups is 1. The van der Waals surface area contributed by atoms with E-state index in [1.54, 1.807) is 16.7 Å². The van der Waals surface area contributed by atoms with Crippen molar-refractivity contribution in [2.75, 3.05) is 5.73 Å². The van der Waals surface area contributed by atoms with Crippen LogP contribution < -0.4 is 11.4 Å². The first kappa shape index (κ1) is 13.7. The van der Waals surface area contributed by atoms with Gasteiger partial charge in [-0.3, -0.25) is 4.57 Å². The number of nitrogens with two attached hydrogens (primary N) is 1. The van der Waals surface area contributed by atoms with Gasteiger partial charge in [0.2, 0.25) is 0 Å². The molecule has 0 bridgehead atoms. The van der Waals surface area contributed by atoms with Crippen LogP contribution in [0.5, 0.6) is 0 Å². The maximum Gasteiger partial charge on any atom is 0.343 e. The van der Waals surface area contributed by atoms with Crippen LogP contribution in [0.3, 0.4) is 0 Å². The zero-order valence-electron chi connectivity index (χ0n) is 10.5. The Bertz CT molecular complexity index is 602. The van der Waals surface area contributed by atoms with Gasteiger partial charge in [-0.25, -0.2) is 14.3 Å². The number of rotatable bonds is 5. The first-order valence-corrected chi connectivity index (χ1v) is 6.93. The molecule has 0 unspecified atom stereocenters. The van der Waals surface area contributed by atoms with E-state index in [4.69, 9.17) is 5.73 Å². The van der Waals surface area contributed by atoms with E-state index < -0.39 is 0 Å². The fourth-order valence-corrected chi connectivity index (χ4v) is 2.72. The van der Waals surface area contributed by atoms with Gasteiger partial charge in [0.15, 0.2) is 5.16 Å². The number of anilines is 1. The van der Waals surface area contributed by atoms with Crippen molar-refractivity contribution in [1.29, 1.82) is 0 Å². The van der Waals surface area contributed by atoms with Gasteiger partial charge in [0.1, 0.15) is 5.82 Å². The van der Waals surface area contributed by atoms with Gasteiger partial charge >= 0.3 is 5.69 Å². The van der Waals surface area contributed by atoms with E-state index in [2.05, 4.69) is 10.2 Å². The standard InChI is InChI=1S/C12H15FN4OS/c1-2-6-17-11(18)15-16-12(17)19-7-8-9(13)4-3-5-10(8)14/h3-5H,2,6-7,14H2,1H3,(H,15,18). The molecule has 1 heterocycles. The molecule has 0 saturated heterocycles. The average Bonchev–Trinajstić information content (AvgIpc) is 2.71. The van der Waals surface area contributed by atoms with Crippen molar-refractivity contribution < 1.29 is 4.39 Å². The fourth-order valence-electron chi connectivity index (χ4n) is 1.70. The maximum atomic E-state index is 13.6. The number of benzene rings is 1. The van der Waals surface area contributed by atoms with Crippen LogP contribution in [0.25, 0.3) is 0 Å². The first-order chi connectivity index (χ1) is 9.13. The van der Waals surface area contributed by atoms with Crippen molar-refractivity contribution in [3.63, 3.8) is 0 Å². The van der Waals surface area contributed by atoms with Crippen molar-refractivity contribution >= 4 is 17.4 Å². The van der Waals surface area contributed by atoms with Gasteiger partial charge in [-0.2, -0.15) is 0 Å². The number of hydrogen-bond donors (Lipinski definition) is 2. The SMILES string of the molecule is CCCn1c(SCc2c(N)cccc2F)n[nH]c1=O. The van der Waals surface area contributed by atoms with Crippen LogP contribution in [0, 0.1) is 5.82 Å². The summed E-state index contributed by atoms with van der Waals surface area (Å²) in [4.78, 5) is 11.5. The van der Waals surface area contributed by atoms with E-state index in [-0.39, 0.29) is 11.5 Å². The van der Waals surface area contributed by atoms with Gasteiger partial charge in [0, 0.05) is 23.5 Å². The predicted molar refractivity (Wildman–Crippen MR) is 73.5 cm³/mol. The molecular weight excluding hydrogens is 267 g/mol. The fraction of sp³-hybridized carbons (Fsp3) is 0.333. The molecule has 1 aromatic carbocycles. The Kier molecular flexibility index (Phi) is 4.26. The molecule has 0 aliphatic rings. The van der Waals surface area contributed by atoms with Gasteiger partial charge in [0.05, 0.1) is 0 Å². The van der Waals surface area contributed by atoms with Gasteiger partial charge in [-0.05, 0) is 18.6 Å². The number of nitrogens with one attached hydrogen (secondary N) is 1. The highest BCUT2D eigenvalue weighted by molar-refractivity contribution is 7.98. The van der Waals surface area contributed by atoms with Gasteiger partial charge < -0.3 is 5.73 Å². The van der Waals surface area contributed by atoms with Crippen molar-refractivity contribution in [3.8, 4) is 0 Å². The number of nitrogen functional groups attached to an aromatic ring is 1. The molecule has 0 radical (unpaired) electrons. The molecule has 3 N–H and O–H groups in total. The number of aromatic nitrogens is 3. The zero-order valence-corrected chi connectivity index (χ0v) is 11.3. The molecule has 0 aliphatic carbocycles. The molecule has 0 amide bonds. The van der Waals surface area contributed by atoms with E-state index in [9.17, 15) is 9.18 Å². The lowest BCUT2D eigenvalue weighted by Gasteiger charge is -2.07. The van der Waals surface area contributed by atoms with Crippen LogP contribution in [0.4, 0.5) is 10.1 Å². The van der Waals surface area contributed by atoms with Gasteiger partial charge in [-0.15, -0.1) is 5.10 Å². The van der Waals surface area contributed by atoms with Gasteiger partial charge in [-0.1, -0.05) is 24.8 Å². The number of H-pyrrole nitrogens is 1. The number of halogens is 1. The van der Waals surface area contributed by atoms with Crippen LogP contribution in [0.2, 0.25) is 0 Å². The monoisotopic (exact) mass is 282 g/mol. The molecule has 0 fully saturated rings. The molecule has 2 aromatic rings. The largest absolute Gasteiger partial charge is 0.398 e. The number of hydrogen-bond acceptors (Lipinski definition) is 4. The Hall–Kier alpha value is -1.76. The second-order valence-electron chi connectivity index (χ2n) is 4.06. The van der Waals surface area contributed by atoms with Crippen LogP contribution in [-0.2, 0) is 12.3 Å². The Morgan fingerprint density at radius 2 is 2.32 bits per heavy atom. The topological polar surface area (TPSA) is 76.7 Å². The number of aromatic amines is 1. The Morgan fingerprint density at radius 3 is 3.00 bits per heavy atom. The molecule has 19 heavy (non-hydrogen) atoms. The van der Waals surface area contributed by atoms with Crippen LogP contribution in [0.15, 0.2) is 28.2 Å². The highest BCUT2D eigenvalue weighted by atomic mass is 32.2. The third kappa shape index (κ3) is 2.98. The van der Waals surface area contributed by atoms with E-state index >= 15 is 0 Å². The van der Waals surface area contributed by atoms with E-state index in [1.807, 2.05) is 6.92 Å². The smallest absolute Gasteiger partial charge is 0.343 e. The third-order valence-corrected chi connectivity index (χ3v) is 3.67. The van der Waals surface area contributed by atoms with Gasteiger partial charge in [0.25, 0.3) is 0 Å². The Labute approximate surface area is 114 Å². The summed E-state index contributed by atoms with van der Waals surface area (Å²) in [5.74, 6) is -0.000552. The summed E-state index contributed by atoms with van der Waals surface area (Å²) >= 11 is 1.29. The van der Waals surface area contributed by atoms with Crippen molar-refractivity contribution in [2.24, 2.45) is 0 Å².